The fourth-order valence-electron chi connectivity index (χ4n) is 4.14. The number of nitrogens with one attached hydrogen (secondary N) is 1. The van der Waals surface area contributed by atoms with Gasteiger partial charge in [0.15, 0.2) is 0 Å². The summed E-state index contributed by atoms with van der Waals surface area (Å²) in [7, 11) is 0. The minimum Gasteiger partial charge on any atom is -0.355 e. The first-order chi connectivity index (χ1) is 12.1. The zero-order valence-electron chi connectivity index (χ0n) is 14.9. The van der Waals surface area contributed by atoms with Gasteiger partial charge in [0.2, 0.25) is 5.91 Å². The molecule has 3 heterocycles. The van der Waals surface area contributed by atoms with Crippen molar-refractivity contribution in [3.63, 3.8) is 0 Å². The zero-order valence-corrected chi connectivity index (χ0v) is 14.9. The molecule has 1 aromatic heterocycles. The molecular weight excluding hydrogens is 312 g/mol. The highest BCUT2D eigenvalue weighted by molar-refractivity contribution is 6.06. The quantitative estimate of drug-likeness (QED) is 0.935. The molecule has 0 aliphatic carbocycles. The Labute approximate surface area is 148 Å². The fraction of sp³-hybridized carbons (Fsp3) is 0.450. The van der Waals surface area contributed by atoms with Crippen molar-refractivity contribution < 1.29 is 4.79 Å². The summed E-state index contributed by atoms with van der Waals surface area (Å²) < 4.78 is 0. The minimum absolute atomic E-state index is 0.123. The number of carbonyl (C=O) groups is 1. The molecule has 1 N–H and O–H groups in total. The number of fused-ring (bicyclic) bond motifs is 2. The predicted molar refractivity (Wildman–Crippen MR) is 99.0 cm³/mol. The number of hydrogen-bond acceptors (Lipinski definition) is 4. The van der Waals surface area contributed by atoms with E-state index >= 15 is 0 Å². The average molecular weight is 336 g/mol. The second-order valence-electron chi connectivity index (χ2n) is 7.14. The molecule has 5 nitrogen and oxygen atoms in total. The van der Waals surface area contributed by atoms with Crippen molar-refractivity contribution in [2.45, 2.75) is 44.9 Å². The Bertz CT molecular complexity index is 819. The third kappa shape index (κ3) is 2.68. The first-order valence-electron chi connectivity index (χ1n) is 9.13. The standard InChI is InChI=1S/C20H24N4O/c1-3-7-17-21-14(2)12-18(23-17)24-11-6-10-20(13-24)15-8-4-5-9-16(15)22-19(20)25/h4-5,8-9,12H,3,6-7,10-11,13H2,1-2H3,(H,22,25)/t20-/m1/s1. The summed E-state index contributed by atoms with van der Waals surface area (Å²) in [5.74, 6) is 1.97. The molecule has 1 amide bonds. The van der Waals surface area contributed by atoms with Crippen LogP contribution in [0.1, 0.15) is 43.3 Å². The summed E-state index contributed by atoms with van der Waals surface area (Å²) in [5, 5.41) is 3.07. The lowest BCUT2D eigenvalue weighted by Gasteiger charge is -2.39. The lowest BCUT2D eigenvalue weighted by atomic mass is 9.75. The van der Waals surface area contributed by atoms with Crippen molar-refractivity contribution in [1.82, 2.24) is 9.97 Å². The molecule has 1 spiro atoms. The van der Waals surface area contributed by atoms with Crippen molar-refractivity contribution in [2.24, 2.45) is 0 Å². The molecule has 1 fully saturated rings. The predicted octanol–water partition coefficient (Wildman–Crippen LogP) is 3.23. The van der Waals surface area contributed by atoms with Gasteiger partial charge in [0.25, 0.3) is 0 Å². The van der Waals surface area contributed by atoms with E-state index in [9.17, 15) is 4.79 Å². The largest absolute Gasteiger partial charge is 0.355 e. The zero-order chi connectivity index (χ0) is 17.4. The number of hydrogen-bond donors (Lipinski definition) is 1. The molecule has 0 bridgehead atoms. The van der Waals surface area contributed by atoms with Crippen LogP contribution in [0.25, 0.3) is 0 Å². The molecule has 1 atom stereocenters. The Morgan fingerprint density at radius 3 is 2.96 bits per heavy atom. The summed E-state index contributed by atoms with van der Waals surface area (Å²) in [6.45, 7) is 5.76. The van der Waals surface area contributed by atoms with Gasteiger partial charge in [-0.1, -0.05) is 25.1 Å². The SMILES string of the molecule is CCCc1nc(C)cc(N2CCC[C@]3(C2)C(=O)Nc2ccccc23)n1. The van der Waals surface area contributed by atoms with Gasteiger partial charge < -0.3 is 10.2 Å². The number of aryl methyl sites for hydroxylation is 2. The number of carbonyl (C=O) groups excluding carboxylic acids is 1. The Kier molecular flexibility index (Phi) is 3.94. The van der Waals surface area contributed by atoms with E-state index in [1.54, 1.807) is 0 Å². The second-order valence-corrected chi connectivity index (χ2v) is 7.14. The van der Waals surface area contributed by atoms with Crippen LogP contribution < -0.4 is 10.2 Å². The summed E-state index contributed by atoms with van der Waals surface area (Å²) in [6.07, 6.45) is 3.78. The van der Waals surface area contributed by atoms with E-state index in [1.807, 2.05) is 31.2 Å². The summed E-state index contributed by atoms with van der Waals surface area (Å²) in [6, 6.07) is 10.1. The summed E-state index contributed by atoms with van der Waals surface area (Å²) in [4.78, 5) is 24.4. The number of aromatic nitrogens is 2. The van der Waals surface area contributed by atoms with Gasteiger partial charge >= 0.3 is 0 Å². The van der Waals surface area contributed by atoms with E-state index in [0.29, 0.717) is 6.54 Å². The van der Waals surface area contributed by atoms with E-state index < -0.39 is 5.41 Å². The van der Waals surface area contributed by atoms with Crippen LogP contribution in [-0.4, -0.2) is 29.0 Å². The van der Waals surface area contributed by atoms with E-state index in [-0.39, 0.29) is 5.91 Å². The third-order valence-corrected chi connectivity index (χ3v) is 5.30. The molecule has 130 valence electrons. The van der Waals surface area contributed by atoms with Gasteiger partial charge in [-0.05, 0) is 37.8 Å². The van der Waals surface area contributed by atoms with Gasteiger partial charge in [0, 0.05) is 37.0 Å². The minimum atomic E-state index is -0.460. The molecule has 2 aromatic rings. The second kappa shape index (κ2) is 6.14. The van der Waals surface area contributed by atoms with E-state index in [2.05, 4.69) is 28.2 Å². The fourth-order valence-corrected chi connectivity index (χ4v) is 4.14. The van der Waals surface area contributed by atoms with Gasteiger partial charge in [-0.2, -0.15) is 0 Å². The highest BCUT2D eigenvalue weighted by Crippen LogP contribution is 2.44. The van der Waals surface area contributed by atoms with Crippen LogP contribution in [0.3, 0.4) is 0 Å². The first-order valence-corrected chi connectivity index (χ1v) is 9.13. The van der Waals surface area contributed by atoms with Crippen LogP contribution >= 0.6 is 0 Å². The van der Waals surface area contributed by atoms with E-state index in [4.69, 9.17) is 4.98 Å². The van der Waals surface area contributed by atoms with Crippen LogP contribution in [0.4, 0.5) is 11.5 Å². The average Bonchev–Trinajstić information content (AvgIpc) is 2.87. The maximum absolute atomic E-state index is 12.9. The molecule has 4 rings (SSSR count). The molecule has 1 saturated heterocycles. The highest BCUT2D eigenvalue weighted by Gasteiger charge is 2.49. The highest BCUT2D eigenvalue weighted by atomic mass is 16.2. The maximum atomic E-state index is 12.9. The van der Waals surface area contributed by atoms with Crippen LogP contribution in [-0.2, 0) is 16.6 Å². The Balaban J connectivity index is 1.69. The van der Waals surface area contributed by atoms with Gasteiger partial charge in [-0.15, -0.1) is 0 Å². The van der Waals surface area contributed by atoms with Gasteiger partial charge in [-0.3, -0.25) is 4.79 Å². The van der Waals surface area contributed by atoms with E-state index in [0.717, 1.165) is 60.8 Å². The Hall–Kier alpha value is -2.43. The number of benzene rings is 1. The summed E-state index contributed by atoms with van der Waals surface area (Å²) >= 11 is 0. The van der Waals surface area contributed by atoms with E-state index in [1.165, 1.54) is 0 Å². The number of rotatable bonds is 3. The maximum Gasteiger partial charge on any atom is 0.236 e. The number of piperidine rings is 1. The van der Waals surface area contributed by atoms with Crippen molar-refractivity contribution >= 4 is 17.4 Å². The Morgan fingerprint density at radius 2 is 2.12 bits per heavy atom. The molecule has 1 aromatic carbocycles. The normalized spacial score (nSPS) is 22.2. The first kappa shape index (κ1) is 16.1. The van der Waals surface area contributed by atoms with Crippen LogP contribution in [0.15, 0.2) is 30.3 Å². The molecule has 5 heteroatoms. The number of amides is 1. The van der Waals surface area contributed by atoms with Crippen molar-refractivity contribution in [1.29, 1.82) is 0 Å². The number of anilines is 2. The molecule has 2 aliphatic heterocycles. The number of nitrogens with zero attached hydrogens (tertiary/aromatic N) is 3. The van der Waals surface area contributed by atoms with Crippen molar-refractivity contribution in [3.8, 4) is 0 Å². The summed E-state index contributed by atoms with van der Waals surface area (Å²) in [5.41, 5.74) is 2.62. The van der Waals surface area contributed by atoms with Crippen LogP contribution in [0.2, 0.25) is 0 Å². The molecule has 2 aliphatic rings. The van der Waals surface area contributed by atoms with Gasteiger partial charge in [-0.25, -0.2) is 9.97 Å². The van der Waals surface area contributed by atoms with Gasteiger partial charge in [0.05, 0.1) is 5.41 Å². The molecular formula is C20H24N4O. The topological polar surface area (TPSA) is 58.1 Å². The number of para-hydroxylation sites is 1. The van der Waals surface area contributed by atoms with Crippen LogP contribution in [0.5, 0.6) is 0 Å². The molecule has 0 radical (unpaired) electrons. The molecule has 0 saturated carbocycles. The van der Waals surface area contributed by atoms with Gasteiger partial charge in [0.1, 0.15) is 11.6 Å². The lowest BCUT2D eigenvalue weighted by Crippen LogP contribution is -2.50. The molecule has 25 heavy (non-hydrogen) atoms. The molecule has 0 unspecified atom stereocenters. The van der Waals surface area contributed by atoms with Crippen molar-refractivity contribution in [3.05, 3.63) is 47.4 Å². The van der Waals surface area contributed by atoms with Crippen LogP contribution in [0, 0.1) is 6.92 Å². The van der Waals surface area contributed by atoms with Crippen molar-refractivity contribution in [2.75, 3.05) is 23.3 Å². The Morgan fingerprint density at radius 1 is 1.28 bits per heavy atom. The third-order valence-electron chi connectivity index (χ3n) is 5.30. The lowest BCUT2D eigenvalue weighted by molar-refractivity contribution is -0.121. The smallest absolute Gasteiger partial charge is 0.236 e. The monoisotopic (exact) mass is 336 g/mol.